The van der Waals surface area contributed by atoms with Gasteiger partial charge in [-0.25, -0.2) is 0 Å². The normalized spacial score (nSPS) is 27.2. The van der Waals surface area contributed by atoms with E-state index >= 15 is 0 Å². The fourth-order valence-electron chi connectivity index (χ4n) is 4.03. The summed E-state index contributed by atoms with van der Waals surface area (Å²) in [5.41, 5.74) is 2.93. The molecule has 5 atom stereocenters. The first-order chi connectivity index (χ1) is 15.0. The SMILES string of the molecule is COc1ccccc1CNC(=O)C1CC(O)C(O)C2N=C(Nc3ccc(C)cc3)SC12. The van der Waals surface area contributed by atoms with Gasteiger partial charge in [-0.05, 0) is 31.5 Å². The molecule has 1 fully saturated rings. The molecule has 0 radical (unpaired) electrons. The summed E-state index contributed by atoms with van der Waals surface area (Å²) in [5, 5.41) is 27.5. The third-order valence-electron chi connectivity index (χ3n) is 5.77. The van der Waals surface area contributed by atoms with Gasteiger partial charge in [-0.15, -0.1) is 0 Å². The summed E-state index contributed by atoms with van der Waals surface area (Å²) < 4.78 is 5.35. The molecule has 1 saturated carbocycles. The highest BCUT2D eigenvalue weighted by Gasteiger charge is 2.50. The lowest BCUT2D eigenvalue weighted by atomic mass is 9.81. The van der Waals surface area contributed by atoms with Crippen molar-refractivity contribution in [3.05, 3.63) is 59.7 Å². The van der Waals surface area contributed by atoms with Gasteiger partial charge in [0.05, 0.1) is 25.2 Å². The zero-order chi connectivity index (χ0) is 22.0. The summed E-state index contributed by atoms with van der Waals surface area (Å²) in [7, 11) is 1.60. The number of hydrogen-bond acceptors (Lipinski definition) is 7. The number of nitrogens with one attached hydrogen (secondary N) is 2. The molecular formula is C23H27N3O4S. The average Bonchev–Trinajstić information content (AvgIpc) is 3.20. The van der Waals surface area contributed by atoms with Gasteiger partial charge in [0.1, 0.15) is 11.9 Å². The molecule has 0 aromatic heterocycles. The van der Waals surface area contributed by atoms with Gasteiger partial charge in [-0.1, -0.05) is 47.7 Å². The number of anilines is 1. The van der Waals surface area contributed by atoms with Crippen LogP contribution in [0.4, 0.5) is 5.69 Å². The Labute approximate surface area is 185 Å². The highest BCUT2D eigenvalue weighted by Crippen LogP contribution is 2.41. The predicted molar refractivity (Wildman–Crippen MR) is 122 cm³/mol. The summed E-state index contributed by atoms with van der Waals surface area (Å²) in [6.07, 6.45) is -1.79. The zero-order valence-corrected chi connectivity index (χ0v) is 18.3. The highest BCUT2D eigenvalue weighted by molar-refractivity contribution is 8.15. The number of aliphatic hydroxyl groups is 2. The van der Waals surface area contributed by atoms with Crippen LogP contribution in [0.1, 0.15) is 17.5 Å². The number of nitrogens with zero attached hydrogens (tertiary/aromatic N) is 1. The molecule has 4 rings (SSSR count). The smallest absolute Gasteiger partial charge is 0.224 e. The molecule has 1 aliphatic heterocycles. The van der Waals surface area contributed by atoms with E-state index in [1.165, 1.54) is 11.8 Å². The van der Waals surface area contributed by atoms with E-state index in [1.54, 1.807) is 7.11 Å². The van der Waals surface area contributed by atoms with Crippen molar-refractivity contribution in [2.45, 2.75) is 43.4 Å². The fourth-order valence-corrected chi connectivity index (χ4v) is 5.41. The highest BCUT2D eigenvalue weighted by atomic mass is 32.2. The van der Waals surface area contributed by atoms with Gasteiger partial charge in [0, 0.05) is 23.0 Å². The third kappa shape index (κ3) is 4.71. The summed E-state index contributed by atoms with van der Waals surface area (Å²) in [6, 6.07) is 14.9. The lowest BCUT2D eigenvalue weighted by Crippen LogP contribution is -2.53. The quantitative estimate of drug-likeness (QED) is 0.568. The number of aryl methyl sites for hydroxylation is 1. The van der Waals surface area contributed by atoms with Gasteiger partial charge in [0.15, 0.2) is 5.17 Å². The van der Waals surface area contributed by atoms with Crippen molar-refractivity contribution < 1.29 is 19.7 Å². The Morgan fingerprint density at radius 3 is 2.68 bits per heavy atom. The summed E-state index contributed by atoms with van der Waals surface area (Å²) >= 11 is 1.45. The number of ether oxygens (including phenoxy) is 1. The number of fused-ring (bicyclic) bond motifs is 1. The van der Waals surface area contributed by atoms with Gasteiger partial charge in [0.2, 0.25) is 5.91 Å². The van der Waals surface area contributed by atoms with Gasteiger partial charge >= 0.3 is 0 Å². The van der Waals surface area contributed by atoms with Gasteiger partial charge in [0.25, 0.3) is 0 Å². The van der Waals surface area contributed by atoms with Gasteiger partial charge < -0.3 is 25.6 Å². The molecule has 1 aliphatic carbocycles. The van der Waals surface area contributed by atoms with Crippen LogP contribution in [0, 0.1) is 12.8 Å². The van der Waals surface area contributed by atoms with E-state index in [4.69, 9.17) is 4.74 Å². The van der Waals surface area contributed by atoms with Crippen LogP contribution in [-0.4, -0.2) is 51.9 Å². The number of methoxy groups -OCH3 is 1. The summed E-state index contributed by atoms with van der Waals surface area (Å²) in [4.78, 5) is 17.6. The van der Waals surface area contributed by atoms with Gasteiger partial charge in [-0.2, -0.15) is 0 Å². The average molecular weight is 442 g/mol. The minimum Gasteiger partial charge on any atom is -0.496 e. The second-order valence-electron chi connectivity index (χ2n) is 7.93. The number of para-hydroxylation sites is 1. The molecule has 31 heavy (non-hydrogen) atoms. The fraction of sp³-hybridized carbons (Fsp3) is 0.391. The maximum Gasteiger partial charge on any atom is 0.224 e. The molecular weight excluding hydrogens is 414 g/mol. The molecule has 1 heterocycles. The molecule has 8 heteroatoms. The van der Waals surface area contributed by atoms with Crippen molar-refractivity contribution in [1.29, 1.82) is 0 Å². The zero-order valence-electron chi connectivity index (χ0n) is 17.5. The van der Waals surface area contributed by atoms with Gasteiger partial charge in [-0.3, -0.25) is 9.79 Å². The van der Waals surface area contributed by atoms with E-state index in [0.717, 1.165) is 16.8 Å². The molecule has 2 aromatic carbocycles. The van der Waals surface area contributed by atoms with Crippen LogP contribution < -0.4 is 15.4 Å². The Kier molecular flexibility index (Phi) is 6.50. The molecule has 164 valence electrons. The van der Waals surface area contributed by atoms with Crippen molar-refractivity contribution in [1.82, 2.24) is 5.32 Å². The van der Waals surface area contributed by atoms with Crippen molar-refractivity contribution in [3.8, 4) is 5.75 Å². The van der Waals surface area contributed by atoms with Crippen molar-refractivity contribution in [2.75, 3.05) is 12.4 Å². The number of aliphatic hydroxyl groups excluding tert-OH is 2. The van der Waals surface area contributed by atoms with E-state index < -0.39 is 24.2 Å². The Bertz CT molecular complexity index is 966. The minimum atomic E-state index is -0.994. The summed E-state index contributed by atoms with van der Waals surface area (Å²) in [5.74, 6) is 0.0817. The lowest BCUT2D eigenvalue weighted by Gasteiger charge is -2.37. The summed E-state index contributed by atoms with van der Waals surface area (Å²) in [6.45, 7) is 2.35. The monoisotopic (exact) mass is 441 g/mol. The molecule has 5 unspecified atom stereocenters. The largest absolute Gasteiger partial charge is 0.496 e. The van der Waals surface area contributed by atoms with Crippen LogP contribution in [0.5, 0.6) is 5.75 Å². The van der Waals surface area contributed by atoms with Crippen LogP contribution in [0.25, 0.3) is 0 Å². The lowest BCUT2D eigenvalue weighted by molar-refractivity contribution is -0.129. The first kappa shape index (κ1) is 21.7. The van der Waals surface area contributed by atoms with Crippen LogP contribution in [-0.2, 0) is 11.3 Å². The molecule has 2 aromatic rings. The molecule has 0 saturated heterocycles. The second-order valence-corrected chi connectivity index (χ2v) is 9.09. The van der Waals surface area contributed by atoms with Crippen molar-refractivity contribution >= 4 is 28.5 Å². The van der Waals surface area contributed by atoms with E-state index in [1.807, 2.05) is 55.5 Å². The number of amides is 1. The van der Waals surface area contributed by atoms with Crippen LogP contribution in [0.15, 0.2) is 53.5 Å². The number of amidine groups is 1. The Morgan fingerprint density at radius 2 is 1.94 bits per heavy atom. The number of aliphatic imine (C=N–C) groups is 1. The first-order valence-corrected chi connectivity index (χ1v) is 11.2. The van der Waals surface area contributed by atoms with E-state index in [9.17, 15) is 15.0 Å². The van der Waals surface area contributed by atoms with E-state index in [-0.39, 0.29) is 17.6 Å². The van der Waals surface area contributed by atoms with Crippen LogP contribution >= 0.6 is 11.8 Å². The predicted octanol–water partition coefficient (Wildman–Crippen LogP) is 2.31. The number of hydrogen-bond donors (Lipinski definition) is 4. The number of rotatable bonds is 5. The van der Waals surface area contributed by atoms with E-state index in [0.29, 0.717) is 17.5 Å². The third-order valence-corrected chi connectivity index (χ3v) is 7.08. The molecule has 7 nitrogen and oxygen atoms in total. The number of thioether (sulfide) groups is 1. The standard InChI is InChI=1S/C23H27N3O4S/c1-13-7-9-15(10-8-13)25-23-26-19-20(28)17(27)11-16(21(19)31-23)22(29)24-12-14-5-3-4-6-18(14)30-2/h3-10,16-17,19-21,27-28H,11-12H2,1-2H3,(H,24,29)(H,25,26). The molecule has 2 aliphatic rings. The topological polar surface area (TPSA) is 103 Å². The number of carbonyl (C=O) groups is 1. The Balaban J connectivity index is 1.45. The Morgan fingerprint density at radius 1 is 1.19 bits per heavy atom. The Hall–Kier alpha value is -2.55. The van der Waals surface area contributed by atoms with E-state index in [2.05, 4.69) is 15.6 Å². The molecule has 0 spiro atoms. The van der Waals surface area contributed by atoms with Crippen LogP contribution in [0.3, 0.4) is 0 Å². The van der Waals surface area contributed by atoms with Crippen molar-refractivity contribution in [2.24, 2.45) is 10.9 Å². The second kappa shape index (κ2) is 9.30. The molecule has 4 N–H and O–H groups in total. The maximum atomic E-state index is 13.0. The first-order valence-electron chi connectivity index (χ1n) is 10.3. The number of benzene rings is 2. The molecule has 0 bridgehead atoms. The van der Waals surface area contributed by atoms with Crippen LogP contribution in [0.2, 0.25) is 0 Å². The van der Waals surface area contributed by atoms with Crippen molar-refractivity contribution in [3.63, 3.8) is 0 Å². The minimum absolute atomic E-state index is 0.161. The maximum absolute atomic E-state index is 13.0. The molecule has 1 amide bonds. The number of carbonyl (C=O) groups excluding carboxylic acids is 1.